The summed E-state index contributed by atoms with van der Waals surface area (Å²) in [6.07, 6.45) is 7.27. The number of aromatic nitrogens is 3. The third kappa shape index (κ3) is 2.89. The molecule has 0 saturated heterocycles. The minimum Gasteiger partial charge on any atom is -0.311 e. The summed E-state index contributed by atoms with van der Waals surface area (Å²) in [6, 6.07) is 1.34. The lowest BCUT2D eigenvalue weighted by Crippen LogP contribution is -2.28. The number of nitrogens with zero attached hydrogens (tertiary/aromatic N) is 4. The molecule has 0 bridgehead atoms. The van der Waals surface area contributed by atoms with Crippen LogP contribution in [0.1, 0.15) is 6.42 Å². The largest absolute Gasteiger partial charge is 0.311 e. The van der Waals surface area contributed by atoms with Gasteiger partial charge in [0, 0.05) is 18.4 Å². The minimum absolute atomic E-state index is 0.0751. The van der Waals surface area contributed by atoms with E-state index in [1.54, 1.807) is 29.9 Å². The molecule has 22 heavy (non-hydrogen) atoms. The zero-order valence-electron chi connectivity index (χ0n) is 12.0. The van der Waals surface area contributed by atoms with E-state index in [-0.39, 0.29) is 11.8 Å². The molecule has 116 valence electrons. The average Bonchev–Trinajstić information content (AvgIpc) is 3.20. The standard InChI is InChI=1S/C14H14BrFN4OS/c1-19(14(21)10-4-12(10)22-2)11-7-20(18-13(11)15)9-3-8(16)5-17-6-9/h3,5-7,10,12H,4H2,1-2H3/t10-,12-/m1/s1. The quantitative estimate of drug-likeness (QED) is 0.812. The van der Waals surface area contributed by atoms with Gasteiger partial charge in [0.25, 0.3) is 0 Å². The Labute approximate surface area is 140 Å². The lowest BCUT2D eigenvalue weighted by Gasteiger charge is -2.15. The Balaban J connectivity index is 1.85. The maximum atomic E-state index is 13.3. The Hall–Kier alpha value is -1.41. The highest BCUT2D eigenvalue weighted by molar-refractivity contribution is 9.10. The number of carbonyl (C=O) groups is 1. The van der Waals surface area contributed by atoms with Gasteiger partial charge in [-0.2, -0.15) is 16.9 Å². The maximum Gasteiger partial charge on any atom is 0.231 e. The molecule has 0 radical (unpaired) electrons. The Bertz CT molecular complexity index is 723. The highest BCUT2D eigenvalue weighted by Crippen LogP contribution is 2.42. The van der Waals surface area contributed by atoms with Crippen molar-refractivity contribution in [1.29, 1.82) is 0 Å². The Kier molecular flexibility index (Phi) is 4.22. The molecule has 2 atom stereocenters. The van der Waals surface area contributed by atoms with Crippen molar-refractivity contribution in [2.75, 3.05) is 18.2 Å². The number of hydrogen-bond donors (Lipinski definition) is 0. The van der Waals surface area contributed by atoms with E-state index < -0.39 is 5.82 Å². The summed E-state index contributed by atoms with van der Waals surface area (Å²) < 4.78 is 15.3. The molecule has 2 aromatic heterocycles. The van der Waals surface area contributed by atoms with Crippen molar-refractivity contribution in [3.05, 3.63) is 35.1 Å². The maximum absolute atomic E-state index is 13.3. The first kappa shape index (κ1) is 15.5. The number of halogens is 2. The number of rotatable bonds is 4. The summed E-state index contributed by atoms with van der Waals surface area (Å²) in [5, 5.41) is 4.69. The van der Waals surface area contributed by atoms with Gasteiger partial charge < -0.3 is 4.90 Å². The molecular formula is C14H14BrFN4OS. The van der Waals surface area contributed by atoms with E-state index in [0.29, 0.717) is 21.2 Å². The fourth-order valence-corrected chi connectivity index (χ4v) is 3.67. The molecular weight excluding hydrogens is 371 g/mol. The molecule has 0 spiro atoms. The van der Waals surface area contributed by atoms with Gasteiger partial charge in [-0.3, -0.25) is 9.78 Å². The van der Waals surface area contributed by atoms with E-state index in [1.165, 1.54) is 16.9 Å². The van der Waals surface area contributed by atoms with Gasteiger partial charge in [-0.15, -0.1) is 0 Å². The SMILES string of the molecule is CS[C@@H]1C[C@H]1C(=O)N(C)c1cn(-c2cncc(F)c2)nc1Br. The number of anilines is 1. The summed E-state index contributed by atoms with van der Waals surface area (Å²) >= 11 is 5.08. The van der Waals surface area contributed by atoms with Gasteiger partial charge in [0.15, 0.2) is 4.60 Å². The molecule has 3 rings (SSSR count). The molecule has 1 aliphatic rings. The van der Waals surface area contributed by atoms with Crippen LogP contribution in [0.15, 0.2) is 29.3 Å². The predicted octanol–water partition coefficient (Wildman–Crippen LogP) is 2.88. The molecule has 2 heterocycles. The summed E-state index contributed by atoms with van der Waals surface area (Å²) in [6.45, 7) is 0. The lowest BCUT2D eigenvalue weighted by molar-refractivity contribution is -0.119. The van der Waals surface area contributed by atoms with Crippen LogP contribution in [0, 0.1) is 11.7 Å². The first-order valence-electron chi connectivity index (χ1n) is 6.67. The molecule has 5 nitrogen and oxygen atoms in total. The van der Waals surface area contributed by atoms with Crippen molar-refractivity contribution in [2.45, 2.75) is 11.7 Å². The van der Waals surface area contributed by atoms with Crippen molar-refractivity contribution < 1.29 is 9.18 Å². The second-order valence-corrected chi connectivity index (χ2v) is 6.95. The second-order valence-electron chi connectivity index (χ2n) is 5.12. The summed E-state index contributed by atoms with van der Waals surface area (Å²) in [7, 11) is 1.73. The molecule has 1 amide bonds. The Morgan fingerprint density at radius 1 is 1.55 bits per heavy atom. The molecule has 0 N–H and O–H groups in total. The molecule has 8 heteroatoms. The van der Waals surface area contributed by atoms with Crippen LogP contribution < -0.4 is 4.90 Å². The van der Waals surface area contributed by atoms with Crippen molar-refractivity contribution >= 4 is 39.3 Å². The highest BCUT2D eigenvalue weighted by Gasteiger charge is 2.44. The number of amides is 1. The van der Waals surface area contributed by atoms with E-state index in [1.807, 2.05) is 6.26 Å². The topological polar surface area (TPSA) is 51.0 Å². The van der Waals surface area contributed by atoms with Crippen LogP contribution in [-0.4, -0.2) is 39.2 Å². The molecule has 0 aromatic carbocycles. The van der Waals surface area contributed by atoms with E-state index in [9.17, 15) is 9.18 Å². The summed E-state index contributed by atoms with van der Waals surface area (Å²) in [5.74, 6) is -0.279. The highest BCUT2D eigenvalue weighted by atomic mass is 79.9. The van der Waals surface area contributed by atoms with Gasteiger partial charge in [0.05, 0.1) is 35.9 Å². The summed E-state index contributed by atoms with van der Waals surface area (Å²) in [4.78, 5) is 17.8. The molecule has 0 unspecified atom stereocenters. The molecule has 0 aliphatic heterocycles. The van der Waals surface area contributed by atoms with Gasteiger partial charge in [0.2, 0.25) is 5.91 Å². The number of hydrogen-bond acceptors (Lipinski definition) is 4. The van der Waals surface area contributed by atoms with Gasteiger partial charge in [-0.25, -0.2) is 9.07 Å². The van der Waals surface area contributed by atoms with Crippen LogP contribution in [0.25, 0.3) is 5.69 Å². The molecule has 2 aromatic rings. The zero-order valence-corrected chi connectivity index (χ0v) is 14.4. The summed E-state index contributed by atoms with van der Waals surface area (Å²) in [5.41, 5.74) is 1.15. The first-order chi connectivity index (χ1) is 10.5. The molecule has 1 saturated carbocycles. The van der Waals surface area contributed by atoms with Crippen molar-refractivity contribution in [2.24, 2.45) is 5.92 Å². The van der Waals surface area contributed by atoms with E-state index in [2.05, 4.69) is 26.0 Å². The fraction of sp³-hybridized carbons (Fsp3) is 0.357. The Morgan fingerprint density at radius 3 is 2.95 bits per heavy atom. The van der Waals surface area contributed by atoms with E-state index in [0.717, 1.165) is 12.6 Å². The van der Waals surface area contributed by atoms with E-state index >= 15 is 0 Å². The third-order valence-electron chi connectivity index (χ3n) is 3.65. The van der Waals surface area contributed by atoms with Gasteiger partial charge in [-0.05, 0) is 28.6 Å². The third-order valence-corrected chi connectivity index (χ3v) is 5.34. The smallest absolute Gasteiger partial charge is 0.231 e. The van der Waals surface area contributed by atoms with Crippen molar-refractivity contribution in [1.82, 2.24) is 14.8 Å². The number of thioether (sulfide) groups is 1. The van der Waals surface area contributed by atoms with Gasteiger partial charge in [0.1, 0.15) is 5.82 Å². The second kappa shape index (κ2) is 6.00. The monoisotopic (exact) mass is 384 g/mol. The van der Waals surface area contributed by atoms with Crippen LogP contribution >= 0.6 is 27.7 Å². The average molecular weight is 385 g/mol. The van der Waals surface area contributed by atoms with Gasteiger partial charge >= 0.3 is 0 Å². The lowest BCUT2D eigenvalue weighted by atomic mass is 10.3. The minimum atomic E-state index is -0.434. The Morgan fingerprint density at radius 2 is 2.32 bits per heavy atom. The van der Waals surface area contributed by atoms with Crippen LogP contribution in [0.3, 0.4) is 0 Å². The van der Waals surface area contributed by atoms with Crippen LogP contribution in [0.5, 0.6) is 0 Å². The van der Waals surface area contributed by atoms with Crippen molar-refractivity contribution in [3.8, 4) is 5.69 Å². The fourth-order valence-electron chi connectivity index (χ4n) is 2.29. The number of carbonyl (C=O) groups excluding carboxylic acids is 1. The molecule has 1 aliphatic carbocycles. The normalized spacial score (nSPS) is 20.0. The van der Waals surface area contributed by atoms with Gasteiger partial charge in [-0.1, -0.05) is 0 Å². The number of pyridine rings is 1. The van der Waals surface area contributed by atoms with Crippen LogP contribution in [0.4, 0.5) is 10.1 Å². The molecule has 1 fully saturated rings. The van der Waals surface area contributed by atoms with Crippen LogP contribution in [0.2, 0.25) is 0 Å². The van der Waals surface area contributed by atoms with E-state index in [4.69, 9.17) is 0 Å². The van der Waals surface area contributed by atoms with Crippen LogP contribution in [-0.2, 0) is 4.79 Å². The van der Waals surface area contributed by atoms with Crippen molar-refractivity contribution in [3.63, 3.8) is 0 Å². The first-order valence-corrected chi connectivity index (χ1v) is 8.76. The predicted molar refractivity (Wildman–Crippen MR) is 87.8 cm³/mol. The zero-order chi connectivity index (χ0) is 15.9.